The highest BCUT2D eigenvalue weighted by atomic mass is 16.5. The molecule has 0 saturated carbocycles. The van der Waals surface area contributed by atoms with Crippen LogP contribution in [0.4, 0.5) is 0 Å². The van der Waals surface area contributed by atoms with Crippen LogP contribution < -0.4 is 0 Å². The van der Waals surface area contributed by atoms with E-state index >= 15 is 0 Å². The van der Waals surface area contributed by atoms with E-state index in [1.54, 1.807) is 13.1 Å². The topological polar surface area (TPSA) is 39.2 Å². The number of hydrogen-bond acceptors (Lipinski definition) is 3. The minimum absolute atomic E-state index is 0.0564. The summed E-state index contributed by atoms with van der Waals surface area (Å²) in [5.41, 5.74) is 2.79. The van der Waals surface area contributed by atoms with E-state index in [1.165, 1.54) is 0 Å². The Hall–Kier alpha value is -1.22. The first-order valence-electron chi connectivity index (χ1n) is 4.34. The zero-order chi connectivity index (χ0) is 9.26. The van der Waals surface area contributed by atoms with Gasteiger partial charge in [-0.15, -0.1) is 0 Å². The van der Waals surface area contributed by atoms with Crippen molar-refractivity contribution in [1.82, 2.24) is 4.98 Å². The molecule has 0 fully saturated rings. The van der Waals surface area contributed by atoms with Gasteiger partial charge in [-0.3, -0.25) is 9.78 Å². The van der Waals surface area contributed by atoms with Gasteiger partial charge >= 0.3 is 0 Å². The summed E-state index contributed by atoms with van der Waals surface area (Å²) in [5.74, 6) is 0.0564. The summed E-state index contributed by atoms with van der Waals surface area (Å²) >= 11 is 0. The first-order valence-corrected chi connectivity index (χ1v) is 4.34. The molecule has 0 aliphatic carbocycles. The minimum Gasteiger partial charge on any atom is -0.376 e. The van der Waals surface area contributed by atoms with Crippen molar-refractivity contribution in [2.45, 2.75) is 20.0 Å². The van der Waals surface area contributed by atoms with E-state index in [1.807, 2.05) is 6.07 Å². The van der Waals surface area contributed by atoms with Crippen molar-refractivity contribution in [2.75, 3.05) is 6.61 Å². The molecule has 3 heteroatoms. The Labute approximate surface area is 76.7 Å². The molecule has 0 atom stereocenters. The normalized spacial score (nSPS) is 15.2. The lowest BCUT2D eigenvalue weighted by atomic mass is 10.1. The maximum absolute atomic E-state index is 11.1. The molecule has 2 rings (SSSR count). The summed E-state index contributed by atoms with van der Waals surface area (Å²) in [4.78, 5) is 15.3. The fraction of sp³-hybridized carbons (Fsp3) is 0.400. The average Bonchev–Trinajstić information content (AvgIpc) is 2.17. The zero-order valence-electron chi connectivity index (χ0n) is 7.54. The maximum atomic E-state index is 11.1. The first-order chi connectivity index (χ1) is 6.27. The third kappa shape index (κ3) is 1.60. The molecule has 1 aliphatic rings. The summed E-state index contributed by atoms with van der Waals surface area (Å²) < 4.78 is 5.28. The summed E-state index contributed by atoms with van der Waals surface area (Å²) in [7, 11) is 0. The van der Waals surface area contributed by atoms with Crippen LogP contribution in [-0.2, 0) is 17.8 Å². The number of Topliss-reactive ketones (excluding diaryl/α,β-unsaturated/α-hetero) is 1. The largest absolute Gasteiger partial charge is 0.376 e. The Bertz CT molecular complexity index is 347. The fourth-order valence-corrected chi connectivity index (χ4v) is 1.43. The van der Waals surface area contributed by atoms with E-state index in [0.717, 1.165) is 24.3 Å². The molecule has 3 nitrogen and oxygen atoms in total. The second kappa shape index (κ2) is 3.26. The first kappa shape index (κ1) is 8.38. The summed E-state index contributed by atoms with van der Waals surface area (Å²) in [6, 6.07) is 1.88. The number of ether oxygens (including phenoxy) is 1. The lowest BCUT2D eigenvalue weighted by Gasteiger charge is -2.15. The van der Waals surface area contributed by atoms with Gasteiger partial charge in [-0.1, -0.05) is 0 Å². The van der Waals surface area contributed by atoms with Gasteiger partial charge in [-0.2, -0.15) is 0 Å². The number of fused-ring (bicyclic) bond motifs is 1. The van der Waals surface area contributed by atoms with E-state index < -0.39 is 0 Å². The third-order valence-corrected chi connectivity index (χ3v) is 2.21. The van der Waals surface area contributed by atoms with Crippen LogP contribution in [0.3, 0.4) is 0 Å². The molecule has 0 aromatic carbocycles. The zero-order valence-corrected chi connectivity index (χ0v) is 7.54. The molecule has 2 heterocycles. The molecule has 13 heavy (non-hydrogen) atoms. The van der Waals surface area contributed by atoms with Crippen molar-refractivity contribution >= 4 is 5.78 Å². The van der Waals surface area contributed by atoms with Crippen LogP contribution in [0.1, 0.15) is 28.5 Å². The van der Waals surface area contributed by atoms with Crippen molar-refractivity contribution in [3.63, 3.8) is 0 Å². The summed E-state index contributed by atoms with van der Waals surface area (Å²) in [6.07, 6.45) is 2.50. The molecule has 68 valence electrons. The van der Waals surface area contributed by atoms with Gasteiger partial charge in [0.1, 0.15) is 0 Å². The molecule has 0 N–H and O–H groups in total. The third-order valence-electron chi connectivity index (χ3n) is 2.21. The monoisotopic (exact) mass is 177 g/mol. The number of hydrogen-bond donors (Lipinski definition) is 0. The van der Waals surface area contributed by atoms with Crippen LogP contribution in [0.2, 0.25) is 0 Å². The van der Waals surface area contributed by atoms with Gasteiger partial charge in [0.15, 0.2) is 5.78 Å². The van der Waals surface area contributed by atoms with Crippen LogP contribution in [0.5, 0.6) is 0 Å². The number of aromatic nitrogens is 1. The van der Waals surface area contributed by atoms with Gasteiger partial charge in [-0.25, -0.2) is 0 Å². The molecular weight excluding hydrogens is 166 g/mol. The SMILES string of the molecule is CC(=O)c1cnc2c(c1)COCC2. The van der Waals surface area contributed by atoms with Crippen LogP contribution in [0.15, 0.2) is 12.3 Å². The smallest absolute Gasteiger partial charge is 0.161 e. The number of nitrogens with zero attached hydrogens (tertiary/aromatic N) is 1. The fourth-order valence-electron chi connectivity index (χ4n) is 1.43. The number of pyridine rings is 1. The van der Waals surface area contributed by atoms with Crippen molar-refractivity contribution in [3.05, 3.63) is 29.1 Å². The van der Waals surface area contributed by atoms with Gasteiger partial charge in [0.05, 0.1) is 13.2 Å². The molecule has 0 bridgehead atoms. The molecule has 1 aliphatic heterocycles. The van der Waals surface area contributed by atoms with E-state index in [0.29, 0.717) is 12.2 Å². The van der Waals surface area contributed by atoms with E-state index in [4.69, 9.17) is 4.74 Å². The predicted octanol–water partition coefficient (Wildman–Crippen LogP) is 1.36. The van der Waals surface area contributed by atoms with Crippen LogP contribution in [0.25, 0.3) is 0 Å². The molecule has 1 aromatic heterocycles. The highest BCUT2D eigenvalue weighted by Gasteiger charge is 2.12. The molecular formula is C10H11NO2. The second-order valence-electron chi connectivity index (χ2n) is 3.19. The quantitative estimate of drug-likeness (QED) is 0.608. The maximum Gasteiger partial charge on any atom is 0.161 e. The van der Waals surface area contributed by atoms with Crippen molar-refractivity contribution in [2.24, 2.45) is 0 Å². The predicted molar refractivity (Wildman–Crippen MR) is 47.6 cm³/mol. The van der Waals surface area contributed by atoms with Gasteiger partial charge in [0.2, 0.25) is 0 Å². The van der Waals surface area contributed by atoms with E-state index in [-0.39, 0.29) is 5.78 Å². The highest BCUT2D eigenvalue weighted by Crippen LogP contribution is 2.15. The molecule has 0 unspecified atom stereocenters. The number of ketones is 1. The average molecular weight is 177 g/mol. The highest BCUT2D eigenvalue weighted by molar-refractivity contribution is 5.93. The number of rotatable bonds is 1. The Morgan fingerprint density at radius 3 is 3.23 bits per heavy atom. The van der Waals surface area contributed by atoms with E-state index in [9.17, 15) is 4.79 Å². The lowest BCUT2D eigenvalue weighted by Crippen LogP contribution is -2.12. The lowest BCUT2D eigenvalue weighted by molar-refractivity contribution is 0.101. The van der Waals surface area contributed by atoms with Crippen molar-refractivity contribution < 1.29 is 9.53 Å². The van der Waals surface area contributed by atoms with Crippen LogP contribution >= 0.6 is 0 Å². The molecule has 0 amide bonds. The molecule has 0 radical (unpaired) electrons. The Morgan fingerprint density at radius 2 is 2.46 bits per heavy atom. The Morgan fingerprint density at radius 1 is 1.62 bits per heavy atom. The Kier molecular flexibility index (Phi) is 2.10. The van der Waals surface area contributed by atoms with Gasteiger partial charge in [-0.05, 0) is 13.0 Å². The summed E-state index contributed by atoms with van der Waals surface area (Å²) in [5, 5.41) is 0. The van der Waals surface area contributed by atoms with Crippen LogP contribution in [-0.4, -0.2) is 17.4 Å². The second-order valence-corrected chi connectivity index (χ2v) is 3.19. The van der Waals surface area contributed by atoms with Gasteiger partial charge in [0, 0.05) is 29.4 Å². The van der Waals surface area contributed by atoms with Crippen LogP contribution in [0, 0.1) is 0 Å². The Balaban J connectivity index is 2.40. The van der Waals surface area contributed by atoms with Crippen molar-refractivity contribution in [3.8, 4) is 0 Å². The minimum atomic E-state index is 0.0564. The molecule has 0 spiro atoms. The van der Waals surface area contributed by atoms with Gasteiger partial charge < -0.3 is 4.74 Å². The summed E-state index contributed by atoms with van der Waals surface area (Å²) in [6.45, 7) is 2.87. The van der Waals surface area contributed by atoms with Crippen molar-refractivity contribution in [1.29, 1.82) is 0 Å². The standard InChI is InChI=1S/C10H11NO2/c1-7(12)8-4-9-6-13-3-2-10(9)11-5-8/h4-5H,2-3,6H2,1H3. The number of carbonyl (C=O) groups excluding carboxylic acids is 1. The molecule has 1 aromatic rings. The number of carbonyl (C=O) groups is 1. The molecule has 0 saturated heterocycles. The van der Waals surface area contributed by atoms with Gasteiger partial charge in [0.25, 0.3) is 0 Å². The van der Waals surface area contributed by atoms with E-state index in [2.05, 4.69) is 4.98 Å².